The maximum atomic E-state index is 12.8. The molecule has 0 aliphatic heterocycles. The van der Waals surface area contributed by atoms with Crippen molar-refractivity contribution in [2.75, 3.05) is 13.2 Å². The van der Waals surface area contributed by atoms with E-state index in [2.05, 4.69) is 142 Å². The van der Waals surface area contributed by atoms with Gasteiger partial charge in [0.2, 0.25) is 0 Å². The molecule has 0 N–H and O–H groups in total. The highest BCUT2D eigenvalue weighted by molar-refractivity contribution is 5.71. The minimum Gasteiger partial charge on any atom is -0.462 e. The van der Waals surface area contributed by atoms with Crippen LogP contribution in [0.25, 0.3) is 0 Å². The molecule has 0 amide bonds. The normalized spacial score (nSPS) is 13.2. The summed E-state index contributed by atoms with van der Waals surface area (Å²) in [4.78, 5) is 37.9. The van der Waals surface area contributed by atoms with Gasteiger partial charge in [-0.1, -0.05) is 231 Å². The van der Waals surface area contributed by atoms with Crippen LogP contribution < -0.4 is 0 Å². The Bertz CT molecular complexity index is 1500. The van der Waals surface area contributed by atoms with Gasteiger partial charge in [0, 0.05) is 19.3 Å². The molecule has 0 fully saturated rings. The smallest absolute Gasteiger partial charge is 0.306 e. The molecule has 0 heterocycles. The number of ether oxygens (including phenoxy) is 3. The summed E-state index contributed by atoms with van der Waals surface area (Å²) < 4.78 is 16.7. The van der Waals surface area contributed by atoms with Crippen LogP contribution in [0.2, 0.25) is 0 Å². The zero-order valence-corrected chi connectivity index (χ0v) is 43.6. The van der Waals surface area contributed by atoms with Gasteiger partial charge < -0.3 is 14.2 Å². The molecule has 0 spiro atoms. The van der Waals surface area contributed by atoms with Gasteiger partial charge in [0.25, 0.3) is 0 Å². The van der Waals surface area contributed by atoms with E-state index < -0.39 is 12.1 Å². The number of carbonyl (C=O) groups is 3. The van der Waals surface area contributed by atoms with Gasteiger partial charge in [0.1, 0.15) is 13.2 Å². The summed E-state index contributed by atoms with van der Waals surface area (Å²) in [5.74, 6) is -1.02. The van der Waals surface area contributed by atoms with Gasteiger partial charge in [-0.05, 0) is 103 Å². The van der Waals surface area contributed by atoms with Crippen LogP contribution >= 0.6 is 0 Å². The second kappa shape index (κ2) is 55.1. The highest BCUT2D eigenvalue weighted by Gasteiger charge is 2.19. The monoisotopic (exact) mass is 939 g/mol. The van der Waals surface area contributed by atoms with Crippen LogP contribution in [0.15, 0.2) is 134 Å². The predicted molar refractivity (Wildman–Crippen MR) is 292 cm³/mol. The van der Waals surface area contributed by atoms with E-state index in [1.165, 1.54) is 57.8 Å². The summed E-state index contributed by atoms with van der Waals surface area (Å²) in [5, 5.41) is 0. The number of rotatable bonds is 47. The average molecular weight is 939 g/mol. The first-order chi connectivity index (χ1) is 33.5. The molecule has 0 bridgehead atoms. The molecule has 0 radical (unpaired) electrons. The van der Waals surface area contributed by atoms with Crippen LogP contribution in [0.5, 0.6) is 0 Å². The fraction of sp³-hybridized carbons (Fsp3) is 0.597. The van der Waals surface area contributed by atoms with Crippen LogP contribution in [0, 0.1) is 0 Å². The minimum absolute atomic E-state index is 0.115. The zero-order valence-electron chi connectivity index (χ0n) is 43.6. The van der Waals surface area contributed by atoms with Gasteiger partial charge in [0.05, 0.1) is 0 Å². The molecule has 0 aromatic rings. The molecule has 1 unspecified atom stereocenters. The lowest BCUT2D eigenvalue weighted by Crippen LogP contribution is -2.30. The number of carbonyl (C=O) groups excluding carboxylic acids is 3. The van der Waals surface area contributed by atoms with Crippen LogP contribution in [-0.2, 0) is 28.6 Å². The third kappa shape index (κ3) is 52.5. The number of hydrogen-bond donors (Lipinski definition) is 0. The molecule has 6 nitrogen and oxygen atoms in total. The molecule has 382 valence electrons. The van der Waals surface area contributed by atoms with E-state index in [1.54, 1.807) is 0 Å². The Hall–Kier alpha value is -4.45. The van der Waals surface area contributed by atoms with E-state index in [1.807, 2.05) is 12.2 Å². The Balaban J connectivity index is 4.41. The molecule has 0 saturated heterocycles. The molecular weight excluding hydrogens is 841 g/mol. The first-order valence-electron chi connectivity index (χ1n) is 27.2. The van der Waals surface area contributed by atoms with E-state index >= 15 is 0 Å². The Morgan fingerprint density at radius 3 is 0.956 bits per heavy atom. The fourth-order valence-electron chi connectivity index (χ4n) is 6.91. The maximum absolute atomic E-state index is 12.8. The summed E-state index contributed by atoms with van der Waals surface area (Å²) in [5.41, 5.74) is 0. The molecule has 1 atom stereocenters. The fourth-order valence-corrected chi connectivity index (χ4v) is 6.91. The Labute approximate surface area is 417 Å². The molecule has 6 heteroatoms. The van der Waals surface area contributed by atoms with Crippen molar-refractivity contribution < 1.29 is 28.6 Å². The van der Waals surface area contributed by atoms with E-state index in [-0.39, 0.29) is 31.6 Å². The number of unbranched alkanes of at least 4 members (excludes halogenated alkanes) is 14. The maximum Gasteiger partial charge on any atom is 0.306 e. The lowest BCUT2D eigenvalue weighted by atomic mass is 10.1. The molecule has 0 saturated carbocycles. The molecule has 0 aliphatic rings. The van der Waals surface area contributed by atoms with Gasteiger partial charge in [-0.25, -0.2) is 0 Å². The van der Waals surface area contributed by atoms with Crippen molar-refractivity contribution in [2.24, 2.45) is 0 Å². The topological polar surface area (TPSA) is 78.9 Å². The molecule has 0 aromatic carbocycles. The van der Waals surface area contributed by atoms with Crippen molar-refractivity contribution in [3.63, 3.8) is 0 Å². The van der Waals surface area contributed by atoms with Crippen LogP contribution in [0.4, 0.5) is 0 Å². The Morgan fingerprint density at radius 1 is 0.309 bits per heavy atom. The lowest BCUT2D eigenvalue weighted by molar-refractivity contribution is -0.166. The first kappa shape index (κ1) is 63.5. The molecule has 0 rings (SSSR count). The third-order valence-electron chi connectivity index (χ3n) is 10.9. The summed E-state index contributed by atoms with van der Waals surface area (Å²) in [6.07, 6.45) is 77.5. The van der Waals surface area contributed by atoms with Crippen molar-refractivity contribution in [3.8, 4) is 0 Å². The van der Waals surface area contributed by atoms with Crippen molar-refractivity contribution >= 4 is 17.9 Å². The first-order valence-corrected chi connectivity index (χ1v) is 27.2. The van der Waals surface area contributed by atoms with Crippen LogP contribution in [0.3, 0.4) is 0 Å². The largest absolute Gasteiger partial charge is 0.462 e. The van der Waals surface area contributed by atoms with Gasteiger partial charge in [-0.15, -0.1) is 0 Å². The van der Waals surface area contributed by atoms with Crippen molar-refractivity contribution in [3.05, 3.63) is 134 Å². The quantitative estimate of drug-likeness (QED) is 0.0262. The van der Waals surface area contributed by atoms with Crippen molar-refractivity contribution in [1.82, 2.24) is 0 Å². The van der Waals surface area contributed by atoms with Gasteiger partial charge >= 0.3 is 17.9 Å². The van der Waals surface area contributed by atoms with E-state index in [0.29, 0.717) is 19.3 Å². The highest BCUT2D eigenvalue weighted by Crippen LogP contribution is 2.13. The Morgan fingerprint density at radius 2 is 0.603 bits per heavy atom. The highest BCUT2D eigenvalue weighted by atomic mass is 16.6. The van der Waals surface area contributed by atoms with E-state index in [9.17, 15) is 14.4 Å². The van der Waals surface area contributed by atoms with Crippen LogP contribution in [-0.4, -0.2) is 37.2 Å². The summed E-state index contributed by atoms with van der Waals surface area (Å²) >= 11 is 0. The van der Waals surface area contributed by atoms with Crippen molar-refractivity contribution in [1.29, 1.82) is 0 Å². The van der Waals surface area contributed by atoms with E-state index in [0.717, 1.165) is 116 Å². The lowest BCUT2D eigenvalue weighted by Gasteiger charge is -2.18. The molecular formula is C62H98O6. The summed E-state index contributed by atoms with van der Waals surface area (Å²) in [6.45, 7) is 6.29. The predicted octanol–water partition coefficient (Wildman–Crippen LogP) is 18.3. The SMILES string of the molecule is CC/C=C\C/C=C\C/C=C\C/C=C\C/C=C\C/C=C\CCC(=O)OC(COC(=O)CCCCCCCCCC)COC(=O)CCCCCCCCC/C=C\C/C=C\C/C=C\C/C=C\C/C=C\CC. The summed E-state index contributed by atoms with van der Waals surface area (Å²) in [6, 6.07) is 0. The van der Waals surface area contributed by atoms with Crippen molar-refractivity contribution in [2.45, 2.75) is 226 Å². The van der Waals surface area contributed by atoms with E-state index in [4.69, 9.17) is 14.2 Å². The minimum atomic E-state index is -0.825. The number of esters is 3. The van der Waals surface area contributed by atoms with Gasteiger partial charge in [-0.2, -0.15) is 0 Å². The molecule has 68 heavy (non-hydrogen) atoms. The number of hydrogen-bond acceptors (Lipinski definition) is 6. The third-order valence-corrected chi connectivity index (χ3v) is 10.9. The van der Waals surface area contributed by atoms with Gasteiger partial charge in [0.15, 0.2) is 6.10 Å². The Kier molecular flexibility index (Phi) is 51.5. The van der Waals surface area contributed by atoms with Gasteiger partial charge in [-0.3, -0.25) is 14.4 Å². The number of allylic oxidation sites excluding steroid dienone is 22. The second-order valence-corrected chi connectivity index (χ2v) is 17.4. The van der Waals surface area contributed by atoms with Crippen LogP contribution in [0.1, 0.15) is 220 Å². The zero-order chi connectivity index (χ0) is 49.3. The summed E-state index contributed by atoms with van der Waals surface area (Å²) in [7, 11) is 0. The average Bonchev–Trinajstić information content (AvgIpc) is 3.34. The standard InChI is InChI=1S/C62H98O6/c1-4-7-10-13-16-19-21-23-25-27-29-30-31-32-34-35-37-39-41-43-46-49-52-55-61(64)67-58-59(57-66-60(63)54-51-48-45-18-15-12-9-6-3)68-62(65)56-53-50-47-44-42-40-38-36-33-28-26-24-22-20-17-14-11-8-5-2/h7-8,10-11,16-17,19-20,23-26,29-30,32-34,36,40,42,47,50,59H,4-6,9,12-15,18,21-22,27-28,31,35,37-39,41,43-46,48-49,51-58H2,1-3H3/b10-7-,11-8-,19-16-,20-17-,25-23-,26-24-,30-29-,34-32-,36-33-,42-40-,50-47-. The second-order valence-electron chi connectivity index (χ2n) is 17.4. The molecule has 0 aliphatic carbocycles. The molecule has 0 aromatic heterocycles.